The van der Waals surface area contributed by atoms with Crippen molar-refractivity contribution in [3.05, 3.63) is 52.8 Å². The van der Waals surface area contributed by atoms with Gasteiger partial charge in [0.25, 0.3) is 0 Å². The summed E-state index contributed by atoms with van der Waals surface area (Å²) in [6, 6.07) is 8.52. The van der Waals surface area contributed by atoms with Crippen LogP contribution in [-0.4, -0.2) is 9.78 Å². The number of aromatic nitrogens is 2. The van der Waals surface area contributed by atoms with Crippen LogP contribution in [0.25, 0.3) is 0 Å². The van der Waals surface area contributed by atoms with Gasteiger partial charge in [0.15, 0.2) is 0 Å². The van der Waals surface area contributed by atoms with Crippen molar-refractivity contribution in [3.63, 3.8) is 0 Å². The highest BCUT2D eigenvalue weighted by Crippen LogP contribution is 2.10. The summed E-state index contributed by atoms with van der Waals surface area (Å²) in [6.45, 7) is 5.54. The Bertz CT molecular complexity index is 465. The number of nitrogens with zero attached hydrogens (tertiary/aromatic N) is 2. The van der Waals surface area contributed by atoms with E-state index < -0.39 is 0 Å². The third-order valence-corrected chi connectivity index (χ3v) is 2.53. The standard InChI is InChI=1S/C13H17N3/c1-10-5-11(2)7-12(6-10)9-16-4-3-13(8-14)15-16/h3-7H,8-9,14H2,1-2H3. The maximum absolute atomic E-state index is 5.53. The minimum atomic E-state index is 0.500. The Morgan fingerprint density at radius 1 is 1.19 bits per heavy atom. The summed E-state index contributed by atoms with van der Waals surface area (Å²) in [6.07, 6.45) is 1.97. The van der Waals surface area contributed by atoms with Gasteiger partial charge in [-0.1, -0.05) is 29.3 Å². The van der Waals surface area contributed by atoms with Crippen LogP contribution >= 0.6 is 0 Å². The molecule has 0 aliphatic carbocycles. The highest BCUT2D eigenvalue weighted by molar-refractivity contribution is 5.28. The quantitative estimate of drug-likeness (QED) is 0.851. The minimum Gasteiger partial charge on any atom is -0.325 e. The number of nitrogens with two attached hydrogens (primary N) is 1. The Kier molecular flexibility index (Phi) is 3.06. The van der Waals surface area contributed by atoms with Crippen molar-refractivity contribution in [3.8, 4) is 0 Å². The largest absolute Gasteiger partial charge is 0.325 e. The summed E-state index contributed by atoms with van der Waals surface area (Å²) in [5, 5.41) is 4.38. The molecule has 0 atom stereocenters. The molecule has 0 aliphatic rings. The summed E-state index contributed by atoms with van der Waals surface area (Å²) in [4.78, 5) is 0. The lowest BCUT2D eigenvalue weighted by molar-refractivity contribution is 0.671. The molecule has 1 aromatic carbocycles. The Morgan fingerprint density at radius 3 is 2.44 bits per heavy atom. The van der Waals surface area contributed by atoms with E-state index in [2.05, 4.69) is 37.1 Å². The highest BCUT2D eigenvalue weighted by atomic mass is 15.3. The Balaban J connectivity index is 2.19. The Labute approximate surface area is 95.9 Å². The van der Waals surface area contributed by atoms with E-state index in [-0.39, 0.29) is 0 Å². The van der Waals surface area contributed by atoms with Gasteiger partial charge in [-0.25, -0.2) is 0 Å². The van der Waals surface area contributed by atoms with Crippen LogP contribution in [0.1, 0.15) is 22.4 Å². The molecular formula is C13H17N3. The van der Waals surface area contributed by atoms with Gasteiger partial charge in [0.2, 0.25) is 0 Å². The van der Waals surface area contributed by atoms with Crippen molar-refractivity contribution in [1.82, 2.24) is 9.78 Å². The molecule has 2 N–H and O–H groups in total. The monoisotopic (exact) mass is 215 g/mol. The zero-order chi connectivity index (χ0) is 11.5. The van der Waals surface area contributed by atoms with Crippen LogP contribution in [0.15, 0.2) is 30.5 Å². The molecular weight excluding hydrogens is 198 g/mol. The second-order valence-electron chi connectivity index (χ2n) is 4.20. The van der Waals surface area contributed by atoms with Crippen LogP contribution in [0, 0.1) is 13.8 Å². The van der Waals surface area contributed by atoms with Gasteiger partial charge in [0, 0.05) is 12.7 Å². The van der Waals surface area contributed by atoms with Crippen LogP contribution in [0.4, 0.5) is 0 Å². The zero-order valence-electron chi connectivity index (χ0n) is 9.77. The van der Waals surface area contributed by atoms with Gasteiger partial charge >= 0.3 is 0 Å². The van der Waals surface area contributed by atoms with Crippen LogP contribution < -0.4 is 5.73 Å². The first-order chi connectivity index (χ1) is 7.67. The summed E-state index contributed by atoms with van der Waals surface area (Å²) in [7, 11) is 0. The van der Waals surface area contributed by atoms with Crippen LogP contribution in [-0.2, 0) is 13.1 Å². The second kappa shape index (κ2) is 4.49. The van der Waals surface area contributed by atoms with Crippen LogP contribution in [0.5, 0.6) is 0 Å². The SMILES string of the molecule is Cc1cc(C)cc(Cn2ccc(CN)n2)c1. The van der Waals surface area contributed by atoms with E-state index in [0.717, 1.165) is 12.2 Å². The van der Waals surface area contributed by atoms with E-state index in [0.29, 0.717) is 6.54 Å². The van der Waals surface area contributed by atoms with Crippen LogP contribution in [0.2, 0.25) is 0 Å². The molecule has 3 heteroatoms. The molecule has 0 fully saturated rings. The van der Waals surface area contributed by atoms with Crippen molar-refractivity contribution in [2.75, 3.05) is 0 Å². The minimum absolute atomic E-state index is 0.500. The normalized spacial score (nSPS) is 10.7. The van der Waals surface area contributed by atoms with E-state index in [1.54, 1.807) is 0 Å². The first-order valence-electron chi connectivity index (χ1n) is 5.47. The van der Waals surface area contributed by atoms with Crippen molar-refractivity contribution in [1.29, 1.82) is 0 Å². The molecule has 0 saturated carbocycles. The lowest BCUT2D eigenvalue weighted by atomic mass is 10.1. The van der Waals surface area contributed by atoms with Crippen LogP contribution in [0.3, 0.4) is 0 Å². The average molecular weight is 215 g/mol. The summed E-state index contributed by atoms with van der Waals surface area (Å²) >= 11 is 0. The molecule has 1 aromatic heterocycles. The second-order valence-corrected chi connectivity index (χ2v) is 4.20. The van der Waals surface area contributed by atoms with Crippen molar-refractivity contribution < 1.29 is 0 Å². The Hall–Kier alpha value is -1.61. The average Bonchev–Trinajstić information content (AvgIpc) is 2.64. The fraction of sp³-hybridized carbons (Fsp3) is 0.308. The molecule has 0 amide bonds. The third-order valence-electron chi connectivity index (χ3n) is 2.53. The first kappa shape index (κ1) is 10.9. The predicted molar refractivity (Wildman–Crippen MR) is 65.1 cm³/mol. The third kappa shape index (κ3) is 2.49. The van der Waals surface area contributed by atoms with E-state index in [9.17, 15) is 0 Å². The molecule has 0 bridgehead atoms. The number of benzene rings is 1. The molecule has 1 heterocycles. The molecule has 84 valence electrons. The molecule has 3 nitrogen and oxygen atoms in total. The number of hydrogen-bond acceptors (Lipinski definition) is 2. The van der Waals surface area contributed by atoms with E-state index in [1.165, 1.54) is 16.7 Å². The fourth-order valence-electron chi connectivity index (χ4n) is 1.95. The molecule has 16 heavy (non-hydrogen) atoms. The maximum atomic E-state index is 5.53. The van der Waals surface area contributed by atoms with Crippen molar-refractivity contribution in [2.45, 2.75) is 26.9 Å². The number of hydrogen-bond donors (Lipinski definition) is 1. The van der Waals surface area contributed by atoms with Gasteiger partial charge < -0.3 is 5.73 Å². The van der Waals surface area contributed by atoms with E-state index in [4.69, 9.17) is 5.73 Å². The molecule has 0 unspecified atom stereocenters. The van der Waals surface area contributed by atoms with Gasteiger partial charge in [0.1, 0.15) is 0 Å². The molecule has 0 radical (unpaired) electrons. The smallest absolute Gasteiger partial charge is 0.0760 e. The summed E-state index contributed by atoms with van der Waals surface area (Å²) in [5.41, 5.74) is 10.3. The molecule has 0 aliphatic heterocycles. The van der Waals surface area contributed by atoms with Gasteiger partial charge in [-0.3, -0.25) is 4.68 Å². The summed E-state index contributed by atoms with van der Waals surface area (Å²) in [5.74, 6) is 0. The molecule has 0 saturated heterocycles. The lowest BCUT2D eigenvalue weighted by Gasteiger charge is -2.05. The summed E-state index contributed by atoms with van der Waals surface area (Å²) < 4.78 is 1.93. The van der Waals surface area contributed by atoms with E-state index >= 15 is 0 Å². The topological polar surface area (TPSA) is 43.8 Å². The first-order valence-corrected chi connectivity index (χ1v) is 5.47. The lowest BCUT2D eigenvalue weighted by Crippen LogP contribution is -2.03. The van der Waals surface area contributed by atoms with Gasteiger partial charge in [-0.05, 0) is 25.5 Å². The number of aryl methyl sites for hydroxylation is 2. The zero-order valence-corrected chi connectivity index (χ0v) is 9.77. The number of rotatable bonds is 3. The molecule has 0 spiro atoms. The van der Waals surface area contributed by atoms with Crippen molar-refractivity contribution >= 4 is 0 Å². The van der Waals surface area contributed by atoms with Gasteiger partial charge in [-0.15, -0.1) is 0 Å². The van der Waals surface area contributed by atoms with Crippen molar-refractivity contribution in [2.24, 2.45) is 5.73 Å². The Morgan fingerprint density at radius 2 is 1.88 bits per heavy atom. The maximum Gasteiger partial charge on any atom is 0.0760 e. The molecule has 2 aromatic rings. The van der Waals surface area contributed by atoms with Gasteiger partial charge in [-0.2, -0.15) is 5.10 Å². The predicted octanol–water partition coefficient (Wildman–Crippen LogP) is 2.01. The van der Waals surface area contributed by atoms with E-state index in [1.807, 2.05) is 16.9 Å². The fourth-order valence-corrected chi connectivity index (χ4v) is 1.95. The molecule has 2 rings (SSSR count). The van der Waals surface area contributed by atoms with Gasteiger partial charge in [0.05, 0.1) is 12.2 Å². The highest BCUT2D eigenvalue weighted by Gasteiger charge is 2.00.